The predicted molar refractivity (Wildman–Crippen MR) is 108 cm³/mol. The molecule has 2 nitrogen and oxygen atoms in total. The van der Waals surface area contributed by atoms with Gasteiger partial charge in [0.05, 0.1) is 5.60 Å². The lowest BCUT2D eigenvalue weighted by Crippen LogP contribution is -2.54. The van der Waals surface area contributed by atoms with E-state index in [-0.39, 0.29) is 17.8 Å². The van der Waals surface area contributed by atoms with Crippen LogP contribution in [0.15, 0.2) is 60.7 Å². The maximum absolute atomic E-state index is 13.5. The summed E-state index contributed by atoms with van der Waals surface area (Å²) >= 11 is 0. The Hall–Kier alpha value is -1.97. The highest BCUT2D eigenvalue weighted by Crippen LogP contribution is 2.49. The molecule has 2 aromatic rings. The van der Waals surface area contributed by atoms with Gasteiger partial charge in [-0.3, -0.25) is 4.90 Å². The van der Waals surface area contributed by atoms with Crippen molar-refractivity contribution >= 4 is 6.08 Å². The molecule has 4 rings (SSSR count). The first-order chi connectivity index (χ1) is 13.2. The molecule has 0 unspecified atom stereocenters. The Balaban J connectivity index is 1.58. The van der Waals surface area contributed by atoms with Gasteiger partial charge >= 0.3 is 0 Å². The maximum atomic E-state index is 13.5. The Morgan fingerprint density at radius 3 is 2.59 bits per heavy atom. The summed E-state index contributed by atoms with van der Waals surface area (Å²) < 4.78 is 13.5. The van der Waals surface area contributed by atoms with Crippen molar-refractivity contribution < 1.29 is 9.50 Å². The van der Waals surface area contributed by atoms with Gasteiger partial charge < -0.3 is 5.11 Å². The zero-order valence-electron chi connectivity index (χ0n) is 15.7. The summed E-state index contributed by atoms with van der Waals surface area (Å²) in [6.45, 7) is 1.71. The molecular formula is C24H28FNO. The number of hydrogen-bond donors (Lipinski definition) is 1. The molecule has 2 fully saturated rings. The Morgan fingerprint density at radius 2 is 1.81 bits per heavy atom. The van der Waals surface area contributed by atoms with Crippen molar-refractivity contribution in [2.24, 2.45) is 5.92 Å². The molecule has 1 aliphatic heterocycles. The standard InChI is InChI=1S/C24H28FNO/c25-21-13-11-20(12-14-21)23-22-10-4-5-15-24(22,27)16-18-26(23)17-6-9-19-7-2-1-3-8-19/h1-3,6-9,11-14,22-23,27H,4-5,10,15-18H2/b9-6+/t22-,23+,24+/m0/s1. The van der Waals surface area contributed by atoms with Gasteiger partial charge in [-0.15, -0.1) is 0 Å². The number of aliphatic hydroxyl groups is 1. The molecule has 1 saturated heterocycles. The Morgan fingerprint density at radius 1 is 1.04 bits per heavy atom. The number of fused-ring (bicyclic) bond motifs is 1. The van der Waals surface area contributed by atoms with E-state index < -0.39 is 5.60 Å². The van der Waals surface area contributed by atoms with Gasteiger partial charge in [-0.25, -0.2) is 4.39 Å². The number of benzene rings is 2. The summed E-state index contributed by atoms with van der Waals surface area (Å²) in [4.78, 5) is 2.46. The van der Waals surface area contributed by atoms with Crippen LogP contribution in [-0.4, -0.2) is 28.7 Å². The second kappa shape index (κ2) is 7.95. The molecule has 1 saturated carbocycles. The number of piperidine rings is 1. The summed E-state index contributed by atoms with van der Waals surface area (Å²) in [6.07, 6.45) is 9.40. The minimum absolute atomic E-state index is 0.144. The number of hydrogen-bond acceptors (Lipinski definition) is 2. The number of nitrogens with zero attached hydrogens (tertiary/aromatic N) is 1. The van der Waals surface area contributed by atoms with Crippen LogP contribution < -0.4 is 0 Å². The van der Waals surface area contributed by atoms with E-state index in [1.54, 1.807) is 12.1 Å². The van der Waals surface area contributed by atoms with Crippen LogP contribution in [0, 0.1) is 11.7 Å². The third-order valence-electron chi connectivity index (χ3n) is 6.33. The lowest BCUT2D eigenvalue weighted by molar-refractivity contribution is -0.122. The Labute approximate surface area is 161 Å². The first-order valence-electron chi connectivity index (χ1n) is 10.1. The second-order valence-corrected chi connectivity index (χ2v) is 8.01. The van der Waals surface area contributed by atoms with Crippen LogP contribution in [0.25, 0.3) is 6.08 Å². The summed E-state index contributed by atoms with van der Waals surface area (Å²) in [6, 6.07) is 17.3. The van der Waals surface area contributed by atoms with Crippen molar-refractivity contribution in [3.63, 3.8) is 0 Å². The SMILES string of the molecule is O[C@@]12CCCC[C@H]1[C@@H](c1ccc(F)cc1)N(C/C=C/c1ccccc1)CC2. The smallest absolute Gasteiger partial charge is 0.123 e. The third-order valence-corrected chi connectivity index (χ3v) is 6.33. The van der Waals surface area contributed by atoms with Gasteiger partial charge in [0.15, 0.2) is 0 Å². The maximum Gasteiger partial charge on any atom is 0.123 e. The molecule has 0 spiro atoms. The molecule has 0 aromatic heterocycles. The van der Waals surface area contributed by atoms with E-state index in [0.717, 1.165) is 44.3 Å². The lowest BCUT2D eigenvalue weighted by Gasteiger charge is -2.52. The normalized spacial score (nSPS) is 29.0. The highest BCUT2D eigenvalue weighted by Gasteiger charge is 2.48. The molecule has 142 valence electrons. The van der Waals surface area contributed by atoms with Crippen molar-refractivity contribution in [3.8, 4) is 0 Å². The number of likely N-dealkylation sites (tertiary alicyclic amines) is 1. The Kier molecular flexibility index (Phi) is 5.42. The molecule has 3 heteroatoms. The molecule has 2 aliphatic rings. The van der Waals surface area contributed by atoms with Gasteiger partial charge in [0.1, 0.15) is 5.82 Å². The molecule has 0 bridgehead atoms. The topological polar surface area (TPSA) is 23.5 Å². The van der Waals surface area contributed by atoms with Crippen LogP contribution in [0.3, 0.4) is 0 Å². The summed E-state index contributed by atoms with van der Waals surface area (Å²) in [5.74, 6) is 0.0135. The first kappa shape index (κ1) is 18.4. The van der Waals surface area contributed by atoms with Crippen LogP contribution in [0.4, 0.5) is 4.39 Å². The predicted octanol–water partition coefficient (Wildman–Crippen LogP) is 5.21. The zero-order valence-corrected chi connectivity index (χ0v) is 15.7. The molecule has 2 aromatic carbocycles. The molecule has 1 heterocycles. The first-order valence-corrected chi connectivity index (χ1v) is 10.1. The van der Waals surface area contributed by atoms with Gasteiger partial charge in [-0.05, 0) is 42.5 Å². The van der Waals surface area contributed by atoms with E-state index >= 15 is 0 Å². The fourth-order valence-electron chi connectivity index (χ4n) is 4.94. The monoisotopic (exact) mass is 365 g/mol. The van der Waals surface area contributed by atoms with Crippen LogP contribution in [0.2, 0.25) is 0 Å². The van der Waals surface area contributed by atoms with Crippen LogP contribution in [-0.2, 0) is 0 Å². The fraction of sp³-hybridized carbons (Fsp3) is 0.417. The minimum atomic E-state index is -0.572. The van der Waals surface area contributed by atoms with Gasteiger partial charge in [0.2, 0.25) is 0 Å². The van der Waals surface area contributed by atoms with Crippen molar-refractivity contribution in [1.82, 2.24) is 4.90 Å². The van der Waals surface area contributed by atoms with E-state index in [4.69, 9.17) is 0 Å². The summed E-state index contributed by atoms with van der Waals surface area (Å²) in [5.41, 5.74) is 1.74. The molecule has 1 N–H and O–H groups in total. The minimum Gasteiger partial charge on any atom is -0.389 e. The summed E-state index contributed by atoms with van der Waals surface area (Å²) in [7, 11) is 0. The highest BCUT2D eigenvalue weighted by molar-refractivity contribution is 5.48. The summed E-state index contributed by atoms with van der Waals surface area (Å²) in [5, 5.41) is 11.3. The van der Waals surface area contributed by atoms with E-state index in [2.05, 4.69) is 29.2 Å². The van der Waals surface area contributed by atoms with Gasteiger partial charge in [-0.1, -0.05) is 67.5 Å². The van der Waals surface area contributed by atoms with E-state index in [9.17, 15) is 9.50 Å². The molecular weight excluding hydrogens is 337 g/mol. The number of halogens is 1. The van der Waals surface area contributed by atoms with Crippen molar-refractivity contribution in [3.05, 3.63) is 77.6 Å². The van der Waals surface area contributed by atoms with Crippen molar-refractivity contribution in [2.75, 3.05) is 13.1 Å². The quantitative estimate of drug-likeness (QED) is 0.804. The molecule has 0 amide bonds. The van der Waals surface area contributed by atoms with Gasteiger partial charge in [-0.2, -0.15) is 0 Å². The lowest BCUT2D eigenvalue weighted by atomic mass is 9.66. The molecule has 3 atom stereocenters. The molecule has 1 aliphatic carbocycles. The average Bonchev–Trinajstić information content (AvgIpc) is 2.69. The zero-order chi connectivity index (χ0) is 18.7. The Bertz CT molecular complexity index is 773. The van der Waals surface area contributed by atoms with E-state index in [1.807, 2.05) is 30.3 Å². The highest BCUT2D eigenvalue weighted by atomic mass is 19.1. The molecule has 27 heavy (non-hydrogen) atoms. The van der Waals surface area contributed by atoms with Crippen molar-refractivity contribution in [1.29, 1.82) is 0 Å². The third kappa shape index (κ3) is 3.99. The largest absolute Gasteiger partial charge is 0.389 e. The van der Waals surface area contributed by atoms with Crippen LogP contribution in [0.5, 0.6) is 0 Å². The van der Waals surface area contributed by atoms with Crippen LogP contribution >= 0.6 is 0 Å². The van der Waals surface area contributed by atoms with Gasteiger partial charge in [0, 0.05) is 25.0 Å². The van der Waals surface area contributed by atoms with Crippen LogP contribution in [0.1, 0.15) is 49.3 Å². The molecule has 0 radical (unpaired) electrons. The van der Waals surface area contributed by atoms with Crippen molar-refractivity contribution in [2.45, 2.75) is 43.7 Å². The van der Waals surface area contributed by atoms with E-state index in [0.29, 0.717) is 0 Å². The number of rotatable bonds is 4. The second-order valence-electron chi connectivity index (χ2n) is 8.01. The van der Waals surface area contributed by atoms with Gasteiger partial charge in [0.25, 0.3) is 0 Å². The van der Waals surface area contributed by atoms with E-state index in [1.165, 1.54) is 12.0 Å². The fourth-order valence-corrected chi connectivity index (χ4v) is 4.94. The average molecular weight is 365 g/mol.